The molecule has 3 N–H and O–H groups in total. The van der Waals surface area contributed by atoms with Gasteiger partial charge in [-0.15, -0.1) is 11.3 Å². The number of para-hydroxylation sites is 3. The molecule has 4 aromatic rings. The highest BCUT2D eigenvalue weighted by Gasteiger charge is 2.16. The standard InChI is InChI=1S/C19H16N6OS2/c26-17(23-24-19(27)21-13-6-2-1-3-7-13)10-25-16-9-5-4-8-14(16)22-18(25)15-11-28-12-20-15/h1-9,11-12H,10H2,(H,23,26)(H2,21,24,27). The van der Waals surface area contributed by atoms with Gasteiger partial charge >= 0.3 is 0 Å². The zero-order chi connectivity index (χ0) is 19.3. The van der Waals surface area contributed by atoms with E-state index in [2.05, 4.69) is 26.1 Å². The second-order valence-corrected chi connectivity index (χ2v) is 7.00. The van der Waals surface area contributed by atoms with E-state index < -0.39 is 0 Å². The van der Waals surface area contributed by atoms with E-state index in [1.54, 1.807) is 5.51 Å². The number of carbonyl (C=O) groups excluding carboxylic acids is 1. The van der Waals surface area contributed by atoms with E-state index in [0.29, 0.717) is 10.9 Å². The van der Waals surface area contributed by atoms with Crippen LogP contribution in [0.5, 0.6) is 0 Å². The summed E-state index contributed by atoms with van der Waals surface area (Å²) < 4.78 is 1.84. The molecular formula is C19H16N6OS2. The maximum absolute atomic E-state index is 12.5. The van der Waals surface area contributed by atoms with Gasteiger partial charge in [0.15, 0.2) is 10.9 Å². The summed E-state index contributed by atoms with van der Waals surface area (Å²) in [6.07, 6.45) is 0. The number of amides is 1. The highest BCUT2D eigenvalue weighted by molar-refractivity contribution is 7.80. The van der Waals surface area contributed by atoms with Crippen LogP contribution in [0.4, 0.5) is 5.69 Å². The van der Waals surface area contributed by atoms with Gasteiger partial charge in [0, 0.05) is 11.1 Å². The zero-order valence-corrected chi connectivity index (χ0v) is 16.3. The van der Waals surface area contributed by atoms with Crippen molar-refractivity contribution in [2.75, 3.05) is 5.32 Å². The van der Waals surface area contributed by atoms with Crippen LogP contribution in [0.3, 0.4) is 0 Å². The molecular weight excluding hydrogens is 392 g/mol. The lowest BCUT2D eigenvalue weighted by molar-refractivity contribution is -0.122. The van der Waals surface area contributed by atoms with Gasteiger partial charge in [0.25, 0.3) is 5.91 Å². The average Bonchev–Trinajstić information content (AvgIpc) is 3.36. The van der Waals surface area contributed by atoms with Crippen LogP contribution in [-0.4, -0.2) is 25.6 Å². The molecule has 0 aliphatic rings. The minimum Gasteiger partial charge on any atom is -0.331 e. The molecule has 0 atom stereocenters. The Morgan fingerprint density at radius 3 is 2.64 bits per heavy atom. The van der Waals surface area contributed by atoms with Gasteiger partial charge in [0.05, 0.1) is 16.5 Å². The largest absolute Gasteiger partial charge is 0.331 e. The Balaban J connectivity index is 1.46. The van der Waals surface area contributed by atoms with Gasteiger partial charge < -0.3 is 9.88 Å². The molecule has 0 bridgehead atoms. The number of hydrogen-bond acceptors (Lipinski definition) is 5. The molecule has 28 heavy (non-hydrogen) atoms. The van der Waals surface area contributed by atoms with Crippen molar-refractivity contribution >= 4 is 51.3 Å². The van der Waals surface area contributed by atoms with Gasteiger partial charge in [-0.2, -0.15) is 0 Å². The molecule has 2 heterocycles. The second-order valence-electron chi connectivity index (χ2n) is 5.88. The fraction of sp³-hybridized carbons (Fsp3) is 0.0526. The van der Waals surface area contributed by atoms with Gasteiger partial charge in [-0.05, 0) is 36.5 Å². The fourth-order valence-corrected chi connectivity index (χ4v) is 3.45. The molecule has 140 valence electrons. The number of benzene rings is 2. The Labute approximate surface area is 170 Å². The third-order valence-electron chi connectivity index (χ3n) is 3.96. The van der Waals surface area contributed by atoms with E-state index in [0.717, 1.165) is 22.4 Å². The minimum absolute atomic E-state index is 0.0777. The summed E-state index contributed by atoms with van der Waals surface area (Å²) in [4.78, 5) is 21.5. The van der Waals surface area contributed by atoms with E-state index in [9.17, 15) is 4.79 Å². The maximum atomic E-state index is 12.5. The molecule has 9 heteroatoms. The van der Waals surface area contributed by atoms with Gasteiger partial charge in [-0.3, -0.25) is 15.6 Å². The molecule has 0 saturated heterocycles. The van der Waals surface area contributed by atoms with Gasteiger partial charge in [-0.25, -0.2) is 9.97 Å². The summed E-state index contributed by atoms with van der Waals surface area (Å²) in [6.45, 7) is 0.0777. The molecule has 0 aliphatic carbocycles. The van der Waals surface area contributed by atoms with E-state index in [-0.39, 0.29) is 12.5 Å². The number of hydrogen-bond donors (Lipinski definition) is 3. The molecule has 0 spiro atoms. The maximum Gasteiger partial charge on any atom is 0.258 e. The highest BCUT2D eigenvalue weighted by atomic mass is 32.1. The van der Waals surface area contributed by atoms with E-state index in [1.165, 1.54) is 11.3 Å². The van der Waals surface area contributed by atoms with Crippen molar-refractivity contribution in [1.29, 1.82) is 0 Å². The number of imidazole rings is 1. The Bertz CT molecular complexity index is 1110. The van der Waals surface area contributed by atoms with Crippen molar-refractivity contribution < 1.29 is 4.79 Å². The normalized spacial score (nSPS) is 10.6. The fourth-order valence-electron chi connectivity index (χ4n) is 2.75. The molecule has 0 aliphatic heterocycles. The van der Waals surface area contributed by atoms with Crippen LogP contribution in [0.1, 0.15) is 0 Å². The van der Waals surface area contributed by atoms with Crippen LogP contribution in [0.2, 0.25) is 0 Å². The van der Waals surface area contributed by atoms with Crippen molar-refractivity contribution in [2.45, 2.75) is 6.54 Å². The minimum atomic E-state index is -0.253. The molecule has 4 rings (SSSR count). The number of thiocarbonyl (C=S) groups is 1. The molecule has 2 aromatic heterocycles. The number of nitrogens with one attached hydrogen (secondary N) is 3. The molecule has 0 saturated carbocycles. The number of hydrazine groups is 1. The van der Waals surface area contributed by atoms with Gasteiger partial charge in [-0.1, -0.05) is 30.3 Å². The zero-order valence-electron chi connectivity index (χ0n) is 14.6. The third-order valence-corrected chi connectivity index (χ3v) is 4.76. The van der Waals surface area contributed by atoms with Crippen LogP contribution in [0.15, 0.2) is 65.5 Å². The van der Waals surface area contributed by atoms with Gasteiger partial charge in [0.1, 0.15) is 12.2 Å². The van der Waals surface area contributed by atoms with Crippen LogP contribution >= 0.6 is 23.6 Å². The van der Waals surface area contributed by atoms with E-state index in [1.807, 2.05) is 64.5 Å². The van der Waals surface area contributed by atoms with Crippen molar-refractivity contribution in [2.24, 2.45) is 0 Å². The summed E-state index contributed by atoms with van der Waals surface area (Å²) in [5, 5.41) is 5.21. The molecule has 2 aromatic carbocycles. The molecule has 1 amide bonds. The lowest BCUT2D eigenvalue weighted by atomic mass is 10.3. The summed E-state index contributed by atoms with van der Waals surface area (Å²) >= 11 is 6.69. The Hall–Kier alpha value is -3.30. The molecule has 0 fully saturated rings. The number of thiazole rings is 1. The van der Waals surface area contributed by atoms with Crippen molar-refractivity contribution in [3.8, 4) is 11.5 Å². The first-order valence-electron chi connectivity index (χ1n) is 8.45. The summed E-state index contributed by atoms with van der Waals surface area (Å²) in [7, 11) is 0. The Morgan fingerprint density at radius 1 is 1.07 bits per heavy atom. The predicted octanol–water partition coefficient (Wildman–Crippen LogP) is 3.18. The molecule has 0 unspecified atom stereocenters. The molecule has 0 radical (unpaired) electrons. The lowest BCUT2D eigenvalue weighted by Gasteiger charge is -2.13. The smallest absolute Gasteiger partial charge is 0.258 e. The number of rotatable bonds is 4. The molecule has 7 nitrogen and oxygen atoms in total. The summed E-state index contributed by atoms with van der Waals surface area (Å²) in [6, 6.07) is 17.2. The number of nitrogens with zero attached hydrogens (tertiary/aromatic N) is 3. The Morgan fingerprint density at radius 2 is 1.86 bits per heavy atom. The van der Waals surface area contributed by atoms with Crippen LogP contribution in [0, 0.1) is 0 Å². The summed E-state index contributed by atoms with van der Waals surface area (Å²) in [5.74, 6) is 0.402. The SMILES string of the molecule is O=C(Cn1c(-c2cscn2)nc2ccccc21)NNC(=S)Nc1ccccc1. The second kappa shape index (κ2) is 8.15. The number of anilines is 1. The van der Waals surface area contributed by atoms with Crippen LogP contribution in [-0.2, 0) is 11.3 Å². The van der Waals surface area contributed by atoms with Crippen molar-refractivity contribution in [1.82, 2.24) is 25.4 Å². The lowest BCUT2D eigenvalue weighted by Crippen LogP contribution is -2.45. The number of aromatic nitrogens is 3. The quantitative estimate of drug-likeness (QED) is 0.355. The van der Waals surface area contributed by atoms with Crippen LogP contribution < -0.4 is 16.2 Å². The predicted molar refractivity (Wildman–Crippen MR) is 115 cm³/mol. The first kappa shape index (κ1) is 18.1. The van der Waals surface area contributed by atoms with Crippen molar-refractivity contribution in [3.05, 3.63) is 65.5 Å². The van der Waals surface area contributed by atoms with E-state index in [4.69, 9.17) is 12.2 Å². The number of fused-ring (bicyclic) bond motifs is 1. The van der Waals surface area contributed by atoms with Gasteiger partial charge in [0.2, 0.25) is 0 Å². The first-order chi connectivity index (χ1) is 13.7. The van der Waals surface area contributed by atoms with Crippen LogP contribution in [0.25, 0.3) is 22.6 Å². The number of carbonyl (C=O) groups is 1. The highest BCUT2D eigenvalue weighted by Crippen LogP contribution is 2.24. The topological polar surface area (TPSA) is 83.9 Å². The first-order valence-corrected chi connectivity index (χ1v) is 9.80. The Kier molecular flexibility index (Phi) is 5.27. The summed E-state index contributed by atoms with van der Waals surface area (Å²) in [5.41, 5.74) is 10.3. The third kappa shape index (κ3) is 4.00. The van der Waals surface area contributed by atoms with Crippen molar-refractivity contribution in [3.63, 3.8) is 0 Å². The van der Waals surface area contributed by atoms with E-state index >= 15 is 0 Å². The average molecular weight is 409 g/mol. The monoisotopic (exact) mass is 408 g/mol.